The molecule has 53 heavy (non-hydrogen) atoms. The third-order valence-corrected chi connectivity index (χ3v) is 9.99. The van der Waals surface area contributed by atoms with Crippen molar-refractivity contribution in [2.24, 2.45) is 0 Å². The van der Waals surface area contributed by atoms with Crippen molar-refractivity contribution in [2.75, 3.05) is 88.3 Å². The van der Waals surface area contributed by atoms with Crippen molar-refractivity contribution in [2.45, 2.75) is 85.0 Å². The number of halogens is 2. The number of rotatable bonds is 5. The standard InChI is InChI=1S/C20H30ClN3O2.C11H12ClNO.C9H18N2O2/c1-20(2,3)26-19(25)24-13-11-22(12-14-24)15-16-17(21)7-6-8-18(16)23-9-4-5-10-23;12-10-4-3-5-11(9(10)8-14)13-6-1-2-7-13;1-9(2,3)13-8(12)11-6-4-10-5-7-11/h6-8H,4-5,9-15H2,1-3H3;3-5,8H,1-2,6-7H2;10H,4-7H2,1-3H3. The molecule has 2 aromatic carbocycles. The molecule has 0 atom stereocenters. The van der Waals surface area contributed by atoms with Crippen LogP contribution in [0.2, 0.25) is 10.0 Å². The summed E-state index contributed by atoms with van der Waals surface area (Å²) >= 11 is 12.5. The first kappa shape index (κ1) is 42.5. The van der Waals surface area contributed by atoms with Crippen LogP contribution in [0.4, 0.5) is 21.0 Å². The Morgan fingerprint density at radius 1 is 0.660 bits per heavy atom. The molecule has 4 heterocycles. The number of piperazine rings is 2. The van der Waals surface area contributed by atoms with E-state index in [0.29, 0.717) is 23.7 Å². The highest BCUT2D eigenvalue weighted by atomic mass is 35.5. The summed E-state index contributed by atoms with van der Waals surface area (Å²) in [6, 6.07) is 11.8. The second-order valence-electron chi connectivity index (χ2n) is 15.9. The fraction of sp³-hybridized carbons (Fsp3) is 0.625. The zero-order valence-corrected chi connectivity index (χ0v) is 34.1. The maximum atomic E-state index is 12.2. The van der Waals surface area contributed by atoms with Crippen LogP contribution in [0.3, 0.4) is 0 Å². The molecule has 0 saturated carbocycles. The van der Waals surface area contributed by atoms with Crippen LogP contribution < -0.4 is 15.1 Å². The van der Waals surface area contributed by atoms with Gasteiger partial charge in [-0.05, 0) is 91.5 Å². The molecule has 0 unspecified atom stereocenters. The van der Waals surface area contributed by atoms with Gasteiger partial charge in [0.15, 0.2) is 6.29 Å². The summed E-state index contributed by atoms with van der Waals surface area (Å²) in [6.45, 7) is 22.7. The number of ether oxygens (including phenoxy) is 2. The first-order valence-electron chi connectivity index (χ1n) is 19.0. The van der Waals surface area contributed by atoms with Crippen molar-refractivity contribution >= 4 is 53.0 Å². The van der Waals surface area contributed by atoms with Crippen LogP contribution >= 0.6 is 23.2 Å². The minimum atomic E-state index is -0.448. The summed E-state index contributed by atoms with van der Waals surface area (Å²) in [5.74, 6) is 0. The average molecular weight is 776 g/mol. The molecule has 4 fully saturated rings. The molecule has 0 aromatic heterocycles. The Bertz CT molecular complexity index is 1490. The van der Waals surface area contributed by atoms with Gasteiger partial charge in [0, 0.05) is 107 Å². The number of aldehydes is 1. The van der Waals surface area contributed by atoms with Gasteiger partial charge in [0.05, 0.1) is 10.6 Å². The molecule has 0 radical (unpaired) electrons. The van der Waals surface area contributed by atoms with Crippen LogP contribution in [0, 0.1) is 0 Å². The minimum Gasteiger partial charge on any atom is -0.444 e. The van der Waals surface area contributed by atoms with Crippen LogP contribution in [0.1, 0.15) is 83.1 Å². The summed E-state index contributed by atoms with van der Waals surface area (Å²) in [5.41, 5.74) is 3.24. The molecule has 1 N–H and O–H groups in total. The second-order valence-corrected chi connectivity index (χ2v) is 16.7. The van der Waals surface area contributed by atoms with Gasteiger partial charge in [-0.1, -0.05) is 35.3 Å². The highest BCUT2D eigenvalue weighted by Gasteiger charge is 2.27. The minimum absolute atomic E-state index is 0.200. The number of benzene rings is 2. The molecule has 4 aliphatic rings. The number of nitrogens with one attached hydrogen (secondary N) is 1. The molecular weight excluding hydrogens is 715 g/mol. The maximum Gasteiger partial charge on any atom is 0.410 e. The Balaban J connectivity index is 0.000000196. The Morgan fingerprint density at radius 2 is 1.11 bits per heavy atom. The molecule has 2 aromatic rings. The molecule has 0 aliphatic carbocycles. The topological polar surface area (TPSA) is 97.9 Å². The van der Waals surface area contributed by atoms with Crippen LogP contribution in [-0.4, -0.2) is 123 Å². The summed E-state index contributed by atoms with van der Waals surface area (Å²) < 4.78 is 10.7. The van der Waals surface area contributed by atoms with E-state index in [1.165, 1.54) is 36.9 Å². The lowest BCUT2D eigenvalue weighted by Crippen LogP contribution is -2.49. The van der Waals surface area contributed by atoms with E-state index in [1.807, 2.05) is 65.8 Å². The Kier molecular flexibility index (Phi) is 15.9. The number of anilines is 2. The van der Waals surface area contributed by atoms with Crippen molar-refractivity contribution in [3.05, 3.63) is 57.6 Å². The molecular formula is C40H60Cl2N6O5. The van der Waals surface area contributed by atoms with E-state index < -0.39 is 5.60 Å². The SMILES string of the molecule is CC(C)(C)OC(=O)N1CCN(Cc2c(Cl)cccc2N2CCCC2)CC1.CC(C)(C)OC(=O)N1CCNCC1.O=Cc1c(Cl)cccc1N1CCCC1. The number of nitrogens with zero attached hydrogens (tertiary/aromatic N) is 5. The summed E-state index contributed by atoms with van der Waals surface area (Å²) in [6.07, 6.45) is 5.33. The monoisotopic (exact) mass is 774 g/mol. The van der Waals surface area contributed by atoms with Crippen LogP contribution in [0.5, 0.6) is 0 Å². The zero-order valence-electron chi connectivity index (χ0n) is 32.6. The Morgan fingerprint density at radius 3 is 1.60 bits per heavy atom. The zero-order chi connectivity index (χ0) is 38.6. The quantitative estimate of drug-likeness (QED) is 0.309. The largest absolute Gasteiger partial charge is 0.444 e. The van der Waals surface area contributed by atoms with Crippen molar-refractivity contribution in [3.63, 3.8) is 0 Å². The predicted octanol–water partition coefficient (Wildman–Crippen LogP) is 7.57. The molecule has 11 nitrogen and oxygen atoms in total. The first-order valence-corrected chi connectivity index (χ1v) is 19.8. The highest BCUT2D eigenvalue weighted by Crippen LogP contribution is 2.32. The van der Waals surface area contributed by atoms with Gasteiger partial charge in [-0.3, -0.25) is 9.69 Å². The molecule has 6 rings (SSSR count). The summed E-state index contributed by atoms with van der Waals surface area (Å²) in [7, 11) is 0. The van der Waals surface area contributed by atoms with E-state index in [4.69, 9.17) is 32.7 Å². The fourth-order valence-electron chi connectivity index (χ4n) is 6.65. The third kappa shape index (κ3) is 13.5. The van der Waals surface area contributed by atoms with Gasteiger partial charge in [-0.25, -0.2) is 9.59 Å². The van der Waals surface area contributed by atoms with Crippen molar-refractivity contribution in [3.8, 4) is 0 Å². The van der Waals surface area contributed by atoms with Crippen LogP contribution in [-0.2, 0) is 16.0 Å². The Hall–Kier alpha value is -3.25. The van der Waals surface area contributed by atoms with Crippen molar-refractivity contribution in [1.82, 2.24) is 20.0 Å². The van der Waals surface area contributed by atoms with Gasteiger partial charge >= 0.3 is 12.2 Å². The molecule has 0 bridgehead atoms. The van der Waals surface area contributed by atoms with Crippen molar-refractivity contribution in [1.29, 1.82) is 0 Å². The van der Waals surface area contributed by atoms with E-state index in [-0.39, 0.29) is 17.8 Å². The van der Waals surface area contributed by atoms with Gasteiger partial charge in [-0.15, -0.1) is 0 Å². The van der Waals surface area contributed by atoms with Crippen molar-refractivity contribution < 1.29 is 23.9 Å². The number of carbonyl (C=O) groups is 3. The first-order chi connectivity index (χ1) is 25.1. The summed E-state index contributed by atoms with van der Waals surface area (Å²) in [4.78, 5) is 45.2. The maximum absolute atomic E-state index is 12.2. The van der Waals surface area contributed by atoms with E-state index >= 15 is 0 Å². The number of hydrogen-bond donors (Lipinski definition) is 1. The van der Waals surface area contributed by atoms with Gasteiger partial charge in [0.1, 0.15) is 11.2 Å². The third-order valence-electron chi connectivity index (χ3n) is 9.31. The van der Waals surface area contributed by atoms with E-state index in [9.17, 15) is 14.4 Å². The number of carbonyl (C=O) groups excluding carboxylic acids is 3. The smallest absolute Gasteiger partial charge is 0.410 e. The number of amides is 2. The van der Waals surface area contributed by atoms with E-state index in [2.05, 4.69) is 26.1 Å². The normalized spacial score (nSPS) is 18.1. The molecule has 4 saturated heterocycles. The van der Waals surface area contributed by atoms with Gasteiger partial charge in [-0.2, -0.15) is 0 Å². The Labute approximate surface area is 326 Å². The number of hydrogen-bond acceptors (Lipinski definition) is 9. The lowest BCUT2D eigenvalue weighted by molar-refractivity contribution is 0.0138. The lowest BCUT2D eigenvalue weighted by Gasteiger charge is -2.36. The van der Waals surface area contributed by atoms with Crippen LogP contribution in [0.25, 0.3) is 0 Å². The van der Waals surface area contributed by atoms with Gasteiger partial charge in [0.25, 0.3) is 0 Å². The highest BCUT2D eigenvalue weighted by molar-refractivity contribution is 6.33. The molecule has 0 spiro atoms. The van der Waals surface area contributed by atoms with E-state index in [1.54, 1.807) is 15.9 Å². The molecule has 294 valence electrons. The predicted molar refractivity (Wildman–Crippen MR) is 215 cm³/mol. The second kappa shape index (κ2) is 19.9. The van der Waals surface area contributed by atoms with Gasteiger partial charge < -0.3 is 34.4 Å². The van der Waals surface area contributed by atoms with Crippen LogP contribution in [0.15, 0.2) is 36.4 Å². The average Bonchev–Trinajstić information content (AvgIpc) is 3.85. The fourth-order valence-corrected chi connectivity index (χ4v) is 7.09. The summed E-state index contributed by atoms with van der Waals surface area (Å²) in [5, 5.41) is 4.57. The molecule has 13 heteroatoms. The molecule has 2 amide bonds. The van der Waals surface area contributed by atoms with E-state index in [0.717, 1.165) is 89.0 Å². The molecule has 4 aliphatic heterocycles. The van der Waals surface area contributed by atoms with Gasteiger partial charge in [0.2, 0.25) is 0 Å². The lowest BCUT2D eigenvalue weighted by atomic mass is 10.1.